The molecule has 0 aromatic carbocycles. The fourth-order valence-corrected chi connectivity index (χ4v) is 2.87. The number of aromatic nitrogens is 1. The lowest BCUT2D eigenvalue weighted by atomic mass is 10.3. The molecule has 1 aromatic rings. The van der Waals surface area contributed by atoms with Crippen molar-refractivity contribution in [2.75, 3.05) is 12.0 Å². The molecule has 0 saturated carbocycles. The summed E-state index contributed by atoms with van der Waals surface area (Å²) in [7, 11) is -2.82. The molecule has 0 bridgehead atoms. The third-order valence-corrected chi connectivity index (χ3v) is 4.08. The van der Waals surface area contributed by atoms with Crippen molar-refractivity contribution < 1.29 is 8.42 Å². The molecule has 0 aliphatic carbocycles. The van der Waals surface area contributed by atoms with Gasteiger partial charge in [0.1, 0.15) is 14.4 Å². The van der Waals surface area contributed by atoms with Crippen LogP contribution in [0.25, 0.3) is 0 Å². The molecule has 1 aromatic heterocycles. The van der Waals surface area contributed by atoms with E-state index in [2.05, 4.69) is 20.9 Å². The number of sulfone groups is 1. The molecule has 13 heavy (non-hydrogen) atoms. The van der Waals surface area contributed by atoms with E-state index in [0.29, 0.717) is 6.42 Å². The number of aryl methyl sites for hydroxylation is 1. The van der Waals surface area contributed by atoms with Crippen LogP contribution in [-0.4, -0.2) is 25.4 Å². The van der Waals surface area contributed by atoms with Crippen LogP contribution in [0.3, 0.4) is 0 Å². The molecule has 0 atom stereocenters. The van der Waals surface area contributed by atoms with Crippen molar-refractivity contribution in [3.8, 4) is 0 Å². The van der Waals surface area contributed by atoms with Crippen molar-refractivity contribution in [1.82, 2.24) is 4.98 Å². The zero-order chi connectivity index (χ0) is 9.90. The van der Waals surface area contributed by atoms with Crippen LogP contribution < -0.4 is 0 Å². The molecule has 1 heterocycles. The van der Waals surface area contributed by atoms with E-state index < -0.39 is 9.84 Å². The molecule has 0 unspecified atom stereocenters. The smallest absolute Gasteiger partial charge is 0.147 e. The van der Waals surface area contributed by atoms with Crippen molar-refractivity contribution in [1.29, 1.82) is 0 Å². The summed E-state index contributed by atoms with van der Waals surface area (Å²) in [6.45, 7) is 0. The number of nitrogens with zero attached hydrogens (tertiary/aromatic N) is 1. The van der Waals surface area contributed by atoms with Crippen molar-refractivity contribution in [2.45, 2.75) is 12.8 Å². The van der Waals surface area contributed by atoms with E-state index in [1.165, 1.54) is 6.26 Å². The molecule has 6 heteroatoms. The minimum atomic E-state index is -2.82. The summed E-state index contributed by atoms with van der Waals surface area (Å²) in [6, 6.07) is 0. The Bertz CT molecular complexity index is 372. The zero-order valence-corrected chi connectivity index (χ0v) is 10.4. The Kier molecular flexibility index (Phi) is 3.87. The van der Waals surface area contributed by atoms with Gasteiger partial charge in [-0.1, -0.05) is 0 Å². The fraction of sp³-hybridized carbons (Fsp3) is 0.571. The molecule has 0 amide bonds. The van der Waals surface area contributed by atoms with Crippen molar-refractivity contribution >= 4 is 37.1 Å². The van der Waals surface area contributed by atoms with Gasteiger partial charge in [0.15, 0.2) is 0 Å². The summed E-state index contributed by atoms with van der Waals surface area (Å²) < 4.78 is 22.4. The Labute approximate surface area is 90.2 Å². The van der Waals surface area contributed by atoms with E-state index >= 15 is 0 Å². The van der Waals surface area contributed by atoms with Gasteiger partial charge in [-0.05, 0) is 22.4 Å². The molecule has 3 nitrogen and oxygen atoms in total. The number of hydrogen-bond donors (Lipinski definition) is 0. The van der Waals surface area contributed by atoms with Gasteiger partial charge in [0.2, 0.25) is 0 Å². The van der Waals surface area contributed by atoms with E-state index in [1.807, 2.05) is 5.38 Å². The van der Waals surface area contributed by atoms with Gasteiger partial charge in [0.25, 0.3) is 0 Å². The SMILES string of the molecule is CS(=O)(=O)CCCc1nc(Br)cs1. The lowest BCUT2D eigenvalue weighted by Gasteiger charge is -1.95. The molecule has 0 aliphatic heterocycles. The van der Waals surface area contributed by atoms with Crippen LogP contribution in [-0.2, 0) is 16.3 Å². The number of halogens is 1. The highest BCUT2D eigenvalue weighted by molar-refractivity contribution is 9.10. The third-order valence-electron chi connectivity index (χ3n) is 1.43. The highest BCUT2D eigenvalue weighted by Crippen LogP contribution is 2.16. The summed E-state index contributed by atoms with van der Waals surface area (Å²) in [5.74, 6) is 0.240. The topological polar surface area (TPSA) is 47.0 Å². The molecule has 0 fully saturated rings. The van der Waals surface area contributed by atoms with Gasteiger partial charge in [-0.2, -0.15) is 0 Å². The Hall–Kier alpha value is 0.0600. The second kappa shape index (κ2) is 4.52. The molecule has 0 aliphatic rings. The lowest BCUT2D eigenvalue weighted by molar-refractivity contribution is 0.599. The Morgan fingerprint density at radius 3 is 2.77 bits per heavy atom. The van der Waals surface area contributed by atoms with Crippen LogP contribution in [0.5, 0.6) is 0 Å². The predicted molar refractivity (Wildman–Crippen MR) is 57.8 cm³/mol. The molecule has 0 saturated heterocycles. The van der Waals surface area contributed by atoms with Crippen molar-refractivity contribution in [2.24, 2.45) is 0 Å². The van der Waals surface area contributed by atoms with Gasteiger partial charge >= 0.3 is 0 Å². The van der Waals surface area contributed by atoms with E-state index in [-0.39, 0.29) is 5.75 Å². The van der Waals surface area contributed by atoms with Gasteiger partial charge in [0.05, 0.1) is 10.8 Å². The standard InChI is InChI=1S/C7H10BrNO2S2/c1-13(10,11)4-2-3-7-9-6(8)5-12-7/h5H,2-4H2,1H3. The fourth-order valence-electron chi connectivity index (χ4n) is 0.889. The van der Waals surface area contributed by atoms with Crippen LogP contribution >= 0.6 is 27.3 Å². The molecular weight excluding hydrogens is 274 g/mol. The van der Waals surface area contributed by atoms with Gasteiger partial charge in [-0.25, -0.2) is 13.4 Å². The second-order valence-corrected chi connectivity index (χ2v) is 6.81. The van der Waals surface area contributed by atoms with E-state index in [1.54, 1.807) is 11.3 Å². The van der Waals surface area contributed by atoms with E-state index in [9.17, 15) is 8.42 Å². The summed E-state index contributed by atoms with van der Waals surface area (Å²) in [4.78, 5) is 4.17. The summed E-state index contributed by atoms with van der Waals surface area (Å²) in [5, 5.41) is 2.88. The predicted octanol–water partition coefficient (Wildman–Crippen LogP) is 1.88. The first-order valence-electron chi connectivity index (χ1n) is 3.75. The minimum absolute atomic E-state index is 0.240. The van der Waals surface area contributed by atoms with Gasteiger partial charge in [-0.3, -0.25) is 0 Å². The Morgan fingerprint density at radius 2 is 2.31 bits per heavy atom. The number of rotatable bonds is 4. The first-order valence-corrected chi connectivity index (χ1v) is 7.48. The van der Waals surface area contributed by atoms with Crippen LogP contribution in [0.2, 0.25) is 0 Å². The summed E-state index contributed by atoms with van der Waals surface area (Å²) in [6.07, 6.45) is 2.65. The van der Waals surface area contributed by atoms with Gasteiger partial charge in [-0.15, -0.1) is 11.3 Å². The van der Waals surface area contributed by atoms with E-state index in [4.69, 9.17) is 0 Å². The monoisotopic (exact) mass is 283 g/mol. The molecule has 0 spiro atoms. The Balaban J connectivity index is 2.36. The average molecular weight is 284 g/mol. The second-order valence-electron chi connectivity index (χ2n) is 2.80. The van der Waals surface area contributed by atoms with Crippen molar-refractivity contribution in [3.05, 3.63) is 15.0 Å². The highest BCUT2D eigenvalue weighted by Gasteiger charge is 2.04. The summed E-state index contributed by atoms with van der Waals surface area (Å²) in [5.41, 5.74) is 0. The molecule has 0 N–H and O–H groups in total. The average Bonchev–Trinajstić information content (AvgIpc) is 2.33. The summed E-state index contributed by atoms with van der Waals surface area (Å²) >= 11 is 4.79. The maximum atomic E-state index is 10.8. The van der Waals surface area contributed by atoms with Crippen LogP contribution in [0, 0.1) is 0 Å². The maximum Gasteiger partial charge on any atom is 0.147 e. The largest absolute Gasteiger partial charge is 0.234 e. The Morgan fingerprint density at radius 1 is 1.62 bits per heavy atom. The first kappa shape index (κ1) is 11.1. The number of thiazole rings is 1. The third kappa shape index (κ3) is 4.73. The first-order chi connectivity index (χ1) is 5.97. The lowest BCUT2D eigenvalue weighted by Crippen LogP contribution is -2.03. The quantitative estimate of drug-likeness (QED) is 0.848. The highest BCUT2D eigenvalue weighted by atomic mass is 79.9. The maximum absolute atomic E-state index is 10.8. The number of hydrogen-bond acceptors (Lipinski definition) is 4. The van der Waals surface area contributed by atoms with E-state index in [0.717, 1.165) is 16.0 Å². The minimum Gasteiger partial charge on any atom is -0.234 e. The molecule has 74 valence electrons. The molecule has 0 radical (unpaired) electrons. The molecular formula is C7H10BrNO2S2. The van der Waals surface area contributed by atoms with Crippen LogP contribution in [0.15, 0.2) is 9.98 Å². The van der Waals surface area contributed by atoms with Crippen molar-refractivity contribution in [3.63, 3.8) is 0 Å². The zero-order valence-electron chi connectivity index (χ0n) is 7.16. The van der Waals surface area contributed by atoms with Gasteiger partial charge in [0, 0.05) is 18.1 Å². The molecule has 1 rings (SSSR count). The van der Waals surface area contributed by atoms with Gasteiger partial charge < -0.3 is 0 Å². The normalized spacial score (nSPS) is 11.8. The van der Waals surface area contributed by atoms with Crippen LogP contribution in [0.4, 0.5) is 0 Å². The van der Waals surface area contributed by atoms with Crippen LogP contribution in [0.1, 0.15) is 11.4 Å².